The first-order valence-electron chi connectivity index (χ1n) is 9.97. The smallest absolute Gasteiger partial charge is 0.274 e. The molecule has 0 aliphatic rings. The summed E-state index contributed by atoms with van der Waals surface area (Å²) in [6.45, 7) is 7.04. The number of hydrogen-bond acceptors (Lipinski definition) is 5. The molecule has 32 heavy (non-hydrogen) atoms. The topological polar surface area (TPSA) is 92.9 Å². The number of benzene rings is 2. The Morgan fingerprint density at radius 3 is 2.44 bits per heavy atom. The first kappa shape index (κ1) is 23.1. The van der Waals surface area contributed by atoms with Gasteiger partial charge in [-0.1, -0.05) is 23.7 Å². The lowest BCUT2D eigenvalue weighted by molar-refractivity contribution is -0.122. The SMILES string of the molecule is C/C(=N/NC(=O)c1ccoc1C)c1ccc(NC(=O)[C@@H](C)Oc2ccc(Cl)cc2C)cc1. The van der Waals surface area contributed by atoms with Gasteiger partial charge in [-0.2, -0.15) is 5.10 Å². The van der Waals surface area contributed by atoms with Crippen LogP contribution in [0.4, 0.5) is 5.69 Å². The number of anilines is 1. The highest BCUT2D eigenvalue weighted by atomic mass is 35.5. The van der Waals surface area contributed by atoms with Gasteiger partial charge >= 0.3 is 0 Å². The molecule has 0 fully saturated rings. The summed E-state index contributed by atoms with van der Waals surface area (Å²) in [6.07, 6.45) is 0.760. The molecule has 2 amide bonds. The lowest BCUT2D eigenvalue weighted by Crippen LogP contribution is -2.30. The Balaban J connectivity index is 1.58. The molecule has 0 bridgehead atoms. The average molecular weight is 454 g/mol. The standard InChI is InChI=1S/C24H24ClN3O4/c1-14-13-19(25)7-10-22(14)32-17(4)23(29)26-20-8-5-18(6-9-20)15(2)27-28-24(30)21-11-12-31-16(21)3/h5-13,17H,1-4H3,(H,26,29)(H,28,30)/b27-15-/t17-/m1/s1. The Kier molecular flexibility index (Phi) is 7.33. The van der Waals surface area contributed by atoms with Gasteiger partial charge in [-0.3, -0.25) is 9.59 Å². The van der Waals surface area contributed by atoms with Crippen LogP contribution in [-0.2, 0) is 4.79 Å². The minimum Gasteiger partial charge on any atom is -0.481 e. The predicted octanol–water partition coefficient (Wildman–Crippen LogP) is 5.11. The fourth-order valence-electron chi connectivity index (χ4n) is 2.91. The van der Waals surface area contributed by atoms with E-state index in [1.165, 1.54) is 6.26 Å². The molecule has 2 N–H and O–H groups in total. The molecule has 0 unspecified atom stereocenters. The summed E-state index contributed by atoms with van der Waals surface area (Å²) in [5.41, 5.74) is 5.84. The second-order valence-electron chi connectivity index (χ2n) is 7.27. The van der Waals surface area contributed by atoms with Gasteiger partial charge in [0.05, 0.1) is 17.5 Å². The highest BCUT2D eigenvalue weighted by molar-refractivity contribution is 6.30. The number of aryl methyl sites for hydroxylation is 2. The molecule has 0 aliphatic heterocycles. The van der Waals surface area contributed by atoms with Crippen molar-refractivity contribution in [1.29, 1.82) is 0 Å². The molecule has 166 valence electrons. The molecular formula is C24H24ClN3O4. The number of hydrogen-bond donors (Lipinski definition) is 2. The number of hydrazone groups is 1. The number of nitrogens with zero attached hydrogens (tertiary/aromatic N) is 1. The van der Waals surface area contributed by atoms with Crippen LogP contribution in [0.15, 0.2) is 64.3 Å². The Labute approximate surface area is 191 Å². The van der Waals surface area contributed by atoms with Crippen LogP contribution in [0.25, 0.3) is 0 Å². The quantitative estimate of drug-likeness (QED) is 0.384. The van der Waals surface area contributed by atoms with Crippen molar-refractivity contribution >= 4 is 34.8 Å². The van der Waals surface area contributed by atoms with Crippen LogP contribution >= 0.6 is 11.6 Å². The molecular weight excluding hydrogens is 430 g/mol. The van der Waals surface area contributed by atoms with Crippen LogP contribution in [-0.4, -0.2) is 23.6 Å². The average Bonchev–Trinajstić information content (AvgIpc) is 3.20. The van der Waals surface area contributed by atoms with E-state index in [1.54, 1.807) is 69.3 Å². The van der Waals surface area contributed by atoms with E-state index in [1.807, 2.05) is 6.92 Å². The maximum absolute atomic E-state index is 12.5. The first-order chi connectivity index (χ1) is 15.2. The molecule has 1 heterocycles. The monoisotopic (exact) mass is 453 g/mol. The van der Waals surface area contributed by atoms with Gasteiger partial charge in [-0.05, 0) is 75.2 Å². The zero-order valence-corrected chi connectivity index (χ0v) is 19.0. The molecule has 0 saturated heterocycles. The summed E-state index contributed by atoms with van der Waals surface area (Å²) in [5, 5.41) is 7.57. The molecule has 1 atom stereocenters. The van der Waals surface area contributed by atoms with Gasteiger partial charge in [0.25, 0.3) is 11.8 Å². The summed E-state index contributed by atoms with van der Waals surface area (Å²) < 4.78 is 10.9. The lowest BCUT2D eigenvalue weighted by atomic mass is 10.1. The van der Waals surface area contributed by atoms with Crippen LogP contribution < -0.4 is 15.5 Å². The summed E-state index contributed by atoms with van der Waals surface area (Å²) in [7, 11) is 0. The van der Waals surface area contributed by atoms with E-state index in [-0.39, 0.29) is 11.8 Å². The van der Waals surface area contributed by atoms with Crippen LogP contribution in [0.1, 0.15) is 41.1 Å². The Morgan fingerprint density at radius 1 is 1.09 bits per heavy atom. The number of ether oxygens (including phenoxy) is 1. The van der Waals surface area contributed by atoms with Crippen molar-refractivity contribution in [2.24, 2.45) is 5.10 Å². The van der Waals surface area contributed by atoms with E-state index in [9.17, 15) is 9.59 Å². The van der Waals surface area contributed by atoms with Gasteiger partial charge in [0.2, 0.25) is 0 Å². The highest BCUT2D eigenvalue weighted by Crippen LogP contribution is 2.23. The van der Waals surface area contributed by atoms with Crippen molar-refractivity contribution in [2.45, 2.75) is 33.8 Å². The number of furan rings is 1. The van der Waals surface area contributed by atoms with E-state index < -0.39 is 6.10 Å². The molecule has 0 spiro atoms. The number of amides is 2. The summed E-state index contributed by atoms with van der Waals surface area (Å²) in [4.78, 5) is 24.6. The molecule has 0 saturated carbocycles. The fraction of sp³-hybridized carbons (Fsp3) is 0.208. The van der Waals surface area contributed by atoms with Gasteiger partial charge < -0.3 is 14.5 Å². The normalized spacial score (nSPS) is 12.2. The first-order valence-corrected chi connectivity index (χ1v) is 10.3. The van der Waals surface area contributed by atoms with Gasteiger partial charge in [0.15, 0.2) is 6.10 Å². The molecule has 0 radical (unpaired) electrons. The van der Waals surface area contributed by atoms with Gasteiger partial charge in [0, 0.05) is 10.7 Å². The van der Waals surface area contributed by atoms with Crippen molar-refractivity contribution in [3.05, 3.63) is 82.3 Å². The Morgan fingerprint density at radius 2 is 1.81 bits per heavy atom. The van der Waals surface area contributed by atoms with Crippen LogP contribution in [0.5, 0.6) is 5.75 Å². The number of carbonyl (C=O) groups excluding carboxylic acids is 2. The van der Waals surface area contributed by atoms with E-state index in [0.29, 0.717) is 33.5 Å². The van der Waals surface area contributed by atoms with E-state index in [2.05, 4.69) is 15.8 Å². The van der Waals surface area contributed by atoms with E-state index >= 15 is 0 Å². The minimum atomic E-state index is -0.695. The summed E-state index contributed by atoms with van der Waals surface area (Å²) in [5.74, 6) is 0.511. The Hall–Kier alpha value is -3.58. The number of nitrogens with one attached hydrogen (secondary N) is 2. The van der Waals surface area contributed by atoms with Crippen molar-refractivity contribution in [2.75, 3.05) is 5.32 Å². The number of rotatable bonds is 7. The largest absolute Gasteiger partial charge is 0.481 e. The molecule has 3 rings (SSSR count). The predicted molar refractivity (Wildman–Crippen MR) is 124 cm³/mol. The van der Waals surface area contributed by atoms with Crippen LogP contribution in [0, 0.1) is 13.8 Å². The van der Waals surface area contributed by atoms with Crippen molar-refractivity contribution in [1.82, 2.24) is 5.43 Å². The number of halogens is 1. The van der Waals surface area contributed by atoms with Gasteiger partial charge in [0.1, 0.15) is 11.5 Å². The maximum Gasteiger partial charge on any atom is 0.274 e. The lowest BCUT2D eigenvalue weighted by Gasteiger charge is -2.16. The maximum atomic E-state index is 12.5. The zero-order valence-electron chi connectivity index (χ0n) is 18.2. The molecule has 3 aromatic rings. The second-order valence-corrected chi connectivity index (χ2v) is 7.70. The van der Waals surface area contributed by atoms with E-state index in [4.69, 9.17) is 20.8 Å². The second kappa shape index (κ2) is 10.2. The molecule has 7 nitrogen and oxygen atoms in total. The minimum absolute atomic E-state index is 0.278. The van der Waals surface area contributed by atoms with Crippen molar-refractivity contribution in [3.63, 3.8) is 0 Å². The van der Waals surface area contributed by atoms with Gasteiger partial charge in [-0.25, -0.2) is 5.43 Å². The number of carbonyl (C=O) groups is 2. The zero-order chi connectivity index (χ0) is 23.3. The molecule has 1 aromatic heterocycles. The molecule has 2 aromatic carbocycles. The third-order valence-corrected chi connectivity index (χ3v) is 5.04. The van der Waals surface area contributed by atoms with Crippen molar-refractivity contribution in [3.8, 4) is 5.75 Å². The van der Waals surface area contributed by atoms with E-state index in [0.717, 1.165) is 11.1 Å². The van der Waals surface area contributed by atoms with Crippen molar-refractivity contribution < 1.29 is 18.7 Å². The summed E-state index contributed by atoms with van der Waals surface area (Å²) in [6, 6.07) is 14.0. The fourth-order valence-corrected chi connectivity index (χ4v) is 3.13. The third kappa shape index (κ3) is 5.76. The van der Waals surface area contributed by atoms with Crippen LogP contribution in [0.2, 0.25) is 5.02 Å². The molecule has 8 heteroatoms. The highest BCUT2D eigenvalue weighted by Gasteiger charge is 2.16. The Bertz CT molecular complexity index is 1150. The van der Waals surface area contributed by atoms with Crippen LogP contribution in [0.3, 0.4) is 0 Å². The third-order valence-electron chi connectivity index (χ3n) is 4.81. The van der Waals surface area contributed by atoms with Gasteiger partial charge in [-0.15, -0.1) is 0 Å². The summed E-state index contributed by atoms with van der Waals surface area (Å²) >= 11 is 5.96. The molecule has 0 aliphatic carbocycles.